The van der Waals surface area contributed by atoms with E-state index in [9.17, 15) is 9.90 Å². The fourth-order valence-corrected chi connectivity index (χ4v) is 2.81. The van der Waals surface area contributed by atoms with Gasteiger partial charge in [-0.15, -0.1) is 0 Å². The maximum Gasteiger partial charge on any atom is 0.261 e. The molecule has 1 unspecified atom stereocenters. The number of fused-ring (bicyclic) bond motifs is 1. The van der Waals surface area contributed by atoms with Crippen LogP contribution in [0.25, 0.3) is 10.9 Å². The van der Waals surface area contributed by atoms with Gasteiger partial charge in [-0.3, -0.25) is 9.36 Å². The maximum absolute atomic E-state index is 12.6. The van der Waals surface area contributed by atoms with E-state index >= 15 is 0 Å². The van der Waals surface area contributed by atoms with Gasteiger partial charge in [-0.25, -0.2) is 4.98 Å². The summed E-state index contributed by atoms with van der Waals surface area (Å²) < 4.78 is 7.23. The smallest absolute Gasteiger partial charge is 0.261 e. The molecule has 0 radical (unpaired) electrons. The van der Waals surface area contributed by atoms with Gasteiger partial charge in [0.15, 0.2) is 0 Å². The number of hydrogen-bond acceptors (Lipinski definition) is 4. The summed E-state index contributed by atoms with van der Waals surface area (Å²) in [7, 11) is 0. The molecule has 5 heteroatoms. The molecule has 3 rings (SSSR count). The summed E-state index contributed by atoms with van der Waals surface area (Å²) in [4.78, 5) is 17.1. The highest BCUT2D eigenvalue weighted by molar-refractivity contribution is 5.77. The van der Waals surface area contributed by atoms with E-state index in [2.05, 4.69) is 4.98 Å². The number of rotatable bonds is 5. The lowest BCUT2D eigenvalue weighted by molar-refractivity contribution is 0.0905. The molecule has 3 aromatic rings. The Morgan fingerprint density at radius 1 is 1.16 bits per heavy atom. The van der Waals surface area contributed by atoms with E-state index in [0.717, 1.165) is 16.9 Å². The standard InChI is InChI=1S/C20H22N2O3/c1-13-8-9-14(2)19(10-13)25-12-16(23)11-22-15(3)21-18-7-5-4-6-17(18)20(22)24/h4-10,16,23H,11-12H2,1-3H3. The molecule has 0 saturated carbocycles. The third-order valence-corrected chi connectivity index (χ3v) is 4.22. The van der Waals surface area contributed by atoms with Gasteiger partial charge in [0.2, 0.25) is 0 Å². The number of benzene rings is 2. The van der Waals surface area contributed by atoms with Crippen molar-refractivity contribution in [3.05, 3.63) is 69.8 Å². The summed E-state index contributed by atoms with van der Waals surface area (Å²) in [5, 5.41) is 10.9. The van der Waals surface area contributed by atoms with Gasteiger partial charge >= 0.3 is 0 Å². The quantitative estimate of drug-likeness (QED) is 0.777. The Labute approximate surface area is 146 Å². The molecule has 0 bridgehead atoms. The van der Waals surface area contributed by atoms with Crippen molar-refractivity contribution in [2.24, 2.45) is 0 Å². The first-order valence-corrected chi connectivity index (χ1v) is 8.30. The summed E-state index contributed by atoms with van der Waals surface area (Å²) in [6, 6.07) is 13.2. The van der Waals surface area contributed by atoms with Crippen LogP contribution in [0.15, 0.2) is 47.3 Å². The third-order valence-electron chi connectivity index (χ3n) is 4.22. The van der Waals surface area contributed by atoms with E-state index in [4.69, 9.17) is 4.74 Å². The van der Waals surface area contributed by atoms with E-state index in [1.54, 1.807) is 13.0 Å². The SMILES string of the molecule is Cc1ccc(C)c(OCC(O)Cn2c(C)nc3ccccc3c2=O)c1. The highest BCUT2D eigenvalue weighted by Crippen LogP contribution is 2.19. The minimum Gasteiger partial charge on any atom is -0.491 e. The first-order valence-electron chi connectivity index (χ1n) is 8.30. The second-order valence-electron chi connectivity index (χ2n) is 6.33. The van der Waals surface area contributed by atoms with E-state index in [-0.39, 0.29) is 18.7 Å². The average Bonchev–Trinajstić information content (AvgIpc) is 2.59. The van der Waals surface area contributed by atoms with E-state index in [1.165, 1.54) is 4.57 Å². The van der Waals surface area contributed by atoms with Crippen LogP contribution >= 0.6 is 0 Å². The number of aryl methyl sites for hydroxylation is 3. The van der Waals surface area contributed by atoms with Crippen LogP contribution in [0.3, 0.4) is 0 Å². The Hall–Kier alpha value is -2.66. The summed E-state index contributed by atoms with van der Waals surface area (Å²) >= 11 is 0. The Morgan fingerprint density at radius 3 is 2.72 bits per heavy atom. The molecule has 0 fully saturated rings. The van der Waals surface area contributed by atoms with Gasteiger partial charge in [-0.1, -0.05) is 24.3 Å². The predicted octanol–water partition coefficient (Wildman–Crippen LogP) is 2.76. The summed E-state index contributed by atoms with van der Waals surface area (Å²) in [6.45, 7) is 5.98. The number of nitrogens with zero attached hydrogens (tertiary/aromatic N) is 2. The number of aliphatic hydroxyl groups is 1. The number of hydrogen-bond donors (Lipinski definition) is 1. The summed E-state index contributed by atoms with van der Waals surface area (Å²) in [5.41, 5.74) is 2.63. The molecule has 1 N–H and O–H groups in total. The lowest BCUT2D eigenvalue weighted by atomic mass is 10.1. The molecule has 1 heterocycles. The van der Waals surface area contributed by atoms with Crippen molar-refractivity contribution in [2.45, 2.75) is 33.4 Å². The minimum absolute atomic E-state index is 0.114. The molecular formula is C20H22N2O3. The number of para-hydroxylation sites is 1. The Bertz CT molecular complexity index is 963. The van der Waals surface area contributed by atoms with Crippen molar-refractivity contribution in [3.8, 4) is 5.75 Å². The number of aliphatic hydroxyl groups excluding tert-OH is 1. The molecule has 0 amide bonds. The first kappa shape index (κ1) is 17.2. The second kappa shape index (κ2) is 7.07. The zero-order chi connectivity index (χ0) is 18.0. The van der Waals surface area contributed by atoms with Gasteiger partial charge in [0.05, 0.1) is 17.4 Å². The number of aromatic nitrogens is 2. The van der Waals surface area contributed by atoms with Gasteiger partial charge in [0, 0.05) is 0 Å². The number of ether oxygens (including phenoxy) is 1. The molecule has 130 valence electrons. The highest BCUT2D eigenvalue weighted by atomic mass is 16.5. The van der Waals surface area contributed by atoms with Crippen molar-refractivity contribution in [3.63, 3.8) is 0 Å². The molecule has 5 nitrogen and oxygen atoms in total. The molecule has 2 aromatic carbocycles. The Balaban J connectivity index is 1.77. The van der Waals surface area contributed by atoms with Crippen LogP contribution in [-0.2, 0) is 6.54 Å². The maximum atomic E-state index is 12.6. The van der Waals surface area contributed by atoms with Crippen molar-refractivity contribution in [1.29, 1.82) is 0 Å². The fraction of sp³-hybridized carbons (Fsp3) is 0.300. The fourth-order valence-electron chi connectivity index (χ4n) is 2.81. The zero-order valence-electron chi connectivity index (χ0n) is 14.7. The van der Waals surface area contributed by atoms with Crippen LogP contribution in [0.4, 0.5) is 0 Å². The Kier molecular flexibility index (Phi) is 4.86. The zero-order valence-corrected chi connectivity index (χ0v) is 14.7. The second-order valence-corrected chi connectivity index (χ2v) is 6.33. The summed E-state index contributed by atoms with van der Waals surface area (Å²) in [6.07, 6.45) is -0.806. The largest absolute Gasteiger partial charge is 0.491 e. The normalized spacial score (nSPS) is 12.3. The van der Waals surface area contributed by atoms with Crippen molar-refractivity contribution in [2.75, 3.05) is 6.61 Å². The van der Waals surface area contributed by atoms with Gasteiger partial charge in [-0.05, 0) is 50.1 Å². The third kappa shape index (κ3) is 3.72. The van der Waals surface area contributed by atoms with Crippen LogP contribution in [0.5, 0.6) is 5.75 Å². The van der Waals surface area contributed by atoms with E-state index in [1.807, 2.05) is 50.2 Å². The van der Waals surface area contributed by atoms with Gasteiger partial charge in [-0.2, -0.15) is 0 Å². The average molecular weight is 338 g/mol. The van der Waals surface area contributed by atoms with Gasteiger partial charge in [0.1, 0.15) is 24.3 Å². The first-order chi connectivity index (χ1) is 12.0. The lowest BCUT2D eigenvalue weighted by Crippen LogP contribution is -2.32. The van der Waals surface area contributed by atoms with Crippen molar-refractivity contribution < 1.29 is 9.84 Å². The van der Waals surface area contributed by atoms with Crippen molar-refractivity contribution in [1.82, 2.24) is 9.55 Å². The summed E-state index contributed by atoms with van der Waals surface area (Å²) in [5.74, 6) is 1.33. The van der Waals surface area contributed by atoms with Crippen LogP contribution in [0.1, 0.15) is 17.0 Å². The van der Waals surface area contributed by atoms with Crippen molar-refractivity contribution >= 4 is 10.9 Å². The van der Waals surface area contributed by atoms with Crippen LogP contribution < -0.4 is 10.3 Å². The highest BCUT2D eigenvalue weighted by Gasteiger charge is 2.13. The molecule has 0 aliphatic rings. The molecule has 1 aromatic heterocycles. The Morgan fingerprint density at radius 2 is 1.92 bits per heavy atom. The van der Waals surface area contributed by atoms with Crippen LogP contribution in [-0.4, -0.2) is 27.4 Å². The van der Waals surface area contributed by atoms with E-state index in [0.29, 0.717) is 16.7 Å². The lowest BCUT2D eigenvalue weighted by Gasteiger charge is -2.17. The molecular weight excluding hydrogens is 316 g/mol. The predicted molar refractivity (Wildman–Crippen MR) is 98.2 cm³/mol. The van der Waals surface area contributed by atoms with E-state index < -0.39 is 6.10 Å². The molecule has 0 aliphatic carbocycles. The van der Waals surface area contributed by atoms with Gasteiger partial charge < -0.3 is 9.84 Å². The molecule has 1 atom stereocenters. The van der Waals surface area contributed by atoms with Crippen LogP contribution in [0.2, 0.25) is 0 Å². The topological polar surface area (TPSA) is 64.3 Å². The monoisotopic (exact) mass is 338 g/mol. The van der Waals surface area contributed by atoms with Crippen LogP contribution in [0, 0.1) is 20.8 Å². The van der Waals surface area contributed by atoms with Gasteiger partial charge in [0.25, 0.3) is 5.56 Å². The molecule has 0 aliphatic heterocycles. The molecule has 0 saturated heterocycles. The molecule has 0 spiro atoms. The molecule has 25 heavy (non-hydrogen) atoms. The minimum atomic E-state index is -0.806.